The lowest BCUT2D eigenvalue weighted by Crippen LogP contribution is -2.23. The van der Waals surface area contributed by atoms with E-state index in [1.807, 2.05) is 0 Å². The zero-order valence-electron chi connectivity index (χ0n) is 7.66. The van der Waals surface area contributed by atoms with Gasteiger partial charge in [0.2, 0.25) is 0 Å². The second-order valence-corrected chi connectivity index (χ2v) is 3.10. The maximum absolute atomic E-state index is 12.5. The molecule has 0 aromatic heterocycles. The van der Waals surface area contributed by atoms with Crippen LogP contribution in [0.4, 0.5) is 13.2 Å². The largest absolute Gasteiger partial charge is 0.481 e. The predicted molar refractivity (Wildman–Crippen MR) is 47.5 cm³/mol. The molecule has 1 aromatic rings. The van der Waals surface area contributed by atoms with E-state index in [0.29, 0.717) is 0 Å². The molecule has 1 atom stereocenters. The molecule has 0 radical (unpaired) electrons. The van der Waals surface area contributed by atoms with Crippen LogP contribution in [0.5, 0.6) is 0 Å². The third-order valence-electron chi connectivity index (χ3n) is 1.98. The highest BCUT2D eigenvalue weighted by Crippen LogP contribution is 2.37. The van der Waals surface area contributed by atoms with Gasteiger partial charge in [-0.25, -0.2) is 0 Å². The van der Waals surface area contributed by atoms with Crippen molar-refractivity contribution >= 4 is 5.97 Å². The molecule has 0 amide bonds. The standard InChI is InChI=1S/C10H9F3O2/c11-10(12,13)8(6-9(14)15)7-4-2-1-3-5-7/h1-5,8H,6H2,(H,14,15)/t8-/m1/s1. The molecule has 1 aromatic carbocycles. The van der Waals surface area contributed by atoms with Gasteiger partial charge in [0.1, 0.15) is 0 Å². The van der Waals surface area contributed by atoms with Crippen molar-refractivity contribution in [3.63, 3.8) is 0 Å². The molecule has 5 heteroatoms. The van der Waals surface area contributed by atoms with Crippen molar-refractivity contribution < 1.29 is 23.1 Å². The molecule has 0 spiro atoms. The van der Waals surface area contributed by atoms with E-state index >= 15 is 0 Å². The second kappa shape index (κ2) is 4.33. The van der Waals surface area contributed by atoms with Crippen LogP contribution < -0.4 is 0 Å². The Hall–Kier alpha value is -1.52. The van der Waals surface area contributed by atoms with Crippen LogP contribution in [0.25, 0.3) is 0 Å². The van der Waals surface area contributed by atoms with E-state index in [9.17, 15) is 18.0 Å². The van der Waals surface area contributed by atoms with Gasteiger partial charge >= 0.3 is 12.1 Å². The number of carboxylic acids is 1. The van der Waals surface area contributed by atoms with E-state index in [0.717, 1.165) is 0 Å². The average Bonchev–Trinajstić information content (AvgIpc) is 2.14. The van der Waals surface area contributed by atoms with E-state index in [2.05, 4.69) is 0 Å². The second-order valence-electron chi connectivity index (χ2n) is 3.10. The first-order chi connectivity index (χ1) is 6.91. The smallest absolute Gasteiger partial charge is 0.396 e. The molecule has 1 rings (SSSR count). The quantitative estimate of drug-likeness (QED) is 0.846. The monoisotopic (exact) mass is 218 g/mol. The average molecular weight is 218 g/mol. The van der Waals surface area contributed by atoms with Gasteiger partial charge in [-0.05, 0) is 5.56 Å². The molecule has 0 heterocycles. The van der Waals surface area contributed by atoms with Crippen LogP contribution >= 0.6 is 0 Å². The maximum Gasteiger partial charge on any atom is 0.396 e. The van der Waals surface area contributed by atoms with Crippen LogP contribution in [0.2, 0.25) is 0 Å². The number of alkyl halides is 3. The van der Waals surface area contributed by atoms with Gasteiger partial charge in [0.05, 0.1) is 12.3 Å². The number of hydrogen-bond donors (Lipinski definition) is 1. The summed E-state index contributed by atoms with van der Waals surface area (Å²) in [6.07, 6.45) is -5.47. The SMILES string of the molecule is O=C(O)C[C@H](c1ccccc1)C(F)(F)F. The van der Waals surface area contributed by atoms with Crippen molar-refractivity contribution in [2.45, 2.75) is 18.5 Å². The fourth-order valence-electron chi connectivity index (χ4n) is 1.28. The van der Waals surface area contributed by atoms with Crippen molar-refractivity contribution in [2.75, 3.05) is 0 Å². The highest BCUT2D eigenvalue weighted by atomic mass is 19.4. The number of rotatable bonds is 3. The Labute approximate surface area is 84.3 Å². The van der Waals surface area contributed by atoms with E-state index in [1.165, 1.54) is 24.3 Å². The fraction of sp³-hybridized carbons (Fsp3) is 0.300. The van der Waals surface area contributed by atoms with Crippen molar-refractivity contribution in [3.05, 3.63) is 35.9 Å². The lowest BCUT2D eigenvalue weighted by molar-refractivity contribution is -0.163. The maximum atomic E-state index is 12.5. The van der Waals surface area contributed by atoms with Crippen molar-refractivity contribution in [3.8, 4) is 0 Å². The number of aliphatic carboxylic acids is 1. The normalized spacial score (nSPS) is 13.5. The van der Waals surface area contributed by atoms with E-state index in [1.54, 1.807) is 6.07 Å². The van der Waals surface area contributed by atoms with Gasteiger partial charge in [0.25, 0.3) is 0 Å². The molecule has 0 aliphatic rings. The van der Waals surface area contributed by atoms with Crippen LogP contribution in [0.15, 0.2) is 30.3 Å². The number of carboxylic acid groups (broad SMARTS) is 1. The van der Waals surface area contributed by atoms with Crippen LogP contribution in [0.1, 0.15) is 17.9 Å². The molecule has 0 fully saturated rings. The minimum atomic E-state index is -4.53. The lowest BCUT2D eigenvalue weighted by atomic mass is 9.95. The first kappa shape index (κ1) is 11.6. The molecule has 0 saturated carbocycles. The summed E-state index contributed by atoms with van der Waals surface area (Å²) in [6, 6.07) is 7.05. The Balaban J connectivity index is 2.97. The number of hydrogen-bond acceptors (Lipinski definition) is 1. The Bertz CT molecular complexity index is 332. The van der Waals surface area contributed by atoms with Crippen LogP contribution in [-0.4, -0.2) is 17.3 Å². The third-order valence-corrected chi connectivity index (χ3v) is 1.98. The summed E-state index contributed by atoms with van der Waals surface area (Å²) in [7, 11) is 0. The molecule has 0 aliphatic heterocycles. The first-order valence-electron chi connectivity index (χ1n) is 4.24. The summed E-state index contributed by atoms with van der Waals surface area (Å²) >= 11 is 0. The minimum Gasteiger partial charge on any atom is -0.481 e. The lowest BCUT2D eigenvalue weighted by Gasteiger charge is -2.18. The highest BCUT2D eigenvalue weighted by Gasteiger charge is 2.41. The van der Waals surface area contributed by atoms with Gasteiger partial charge in [0, 0.05) is 0 Å². The highest BCUT2D eigenvalue weighted by molar-refractivity contribution is 5.68. The van der Waals surface area contributed by atoms with Gasteiger partial charge in [-0.2, -0.15) is 13.2 Å². The summed E-state index contributed by atoms with van der Waals surface area (Å²) in [4.78, 5) is 10.3. The molecule has 82 valence electrons. The Morgan fingerprint density at radius 2 is 1.80 bits per heavy atom. The molecule has 1 N–H and O–H groups in total. The minimum absolute atomic E-state index is 0.0209. The summed E-state index contributed by atoms with van der Waals surface area (Å²) in [6.45, 7) is 0. The summed E-state index contributed by atoms with van der Waals surface area (Å²) in [5.74, 6) is -3.39. The molecule has 0 saturated heterocycles. The number of benzene rings is 1. The zero-order chi connectivity index (χ0) is 11.5. The van der Waals surface area contributed by atoms with Crippen LogP contribution in [-0.2, 0) is 4.79 Å². The number of halogens is 3. The van der Waals surface area contributed by atoms with E-state index < -0.39 is 24.5 Å². The third kappa shape index (κ3) is 3.27. The van der Waals surface area contributed by atoms with Crippen LogP contribution in [0.3, 0.4) is 0 Å². The first-order valence-corrected chi connectivity index (χ1v) is 4.24. The Morgan fingerprint density at radius 1 is 1.27 bits per heavy atom. The van der Waals surface area contributed by atoms with Gasteiger partial charge in [-0.15, -0.1) is 0 Å². The van der Waals surface area contributed by atoms with Gasteiger partial charge in [-0.1, -0.05) is 30.3 Å². The molecule has 15 heavy (non-hydrogen) atoms. The molecule has 0 unspecified atom stereocenters. The predicted octanol–water partition coefficient (Wildman–Crippen LogP) is 2.81. The number of carbonyl (C=O) groups is 1. The van der Waals surface area contributed by atoms with Gasteiger partial charge in [0.15, 0.2) is 0 Å². The van der Waals surface area contributed by atoms with E-state index in [-0.39, 0.29) is 5.56 Å². The molecule has 2 nitrogen and oxygen atoms in total. The van der Waals surface area contributed by atoms with Gasteiger partial charge < -0.3 is 5.11 Å². The van der Waals surface area contributed by atoms with Crippen molar-refractivity contribution in [2.24, 2.45) is 0 Å². The topological polar surface area (TPSA) is 37.3 Å². The molecular weight excluding hydrogens is 209 g/mol. The van der Waals surface area contributed by atoms with Crippen molar-refractivity contribution in [1.82, 2.24) is 0 Å². The van der Waals surface area contributed by atoms with Crippen LogP contribution in [0, 0.1) is 0 Å². The fourth-order valence-corrected chi connectivity index (χ4v) is 1.28. The van der Waals surface area contributed by atoms with Crippen molar-refractivity contribution in [1.29, 1.82) is 0 Å². The Morgan fingerprint density at radius 3 is 2.20 bits per heavy atom. The summed E-state index contributed by atoms with van der Waals surface area (Å²) in [5, 5.41) is 8.41. The molecule has 0 aliphatic carbocycles. The van der Waals surface area contributed by atoms with E-state index in [4.69, 9.17) is 5.11 Å². The Kier molecular flexibility index (Phi) is 3.34. The zero-order valence-corrected chi connectivity index (χ0v) is 7.66. The summed E-state index contributed by atoms with van der Waals surface area (Å²) < 4.78 is 37.5. The molecular formula is C10H9F3O2. The summed E-state index contributed by atoms with van der Waals surface area (Å²) in [5.41, 5.74) is -0.0209. The molecule has 0 bridgehead atoms. The van der Waals surface area contributed by atoms with Gasteiger partial charge in [-0.3, -0.25) is 4.79 Å².